The quantitative estimate of drug-likeness (QED) is 0.939. The number of hydrogen-bond donors (Lipinski definition) is 1. The summed E-state index contributed by atoms with van der Waals surface area (Å²) in [6.45, 7) is 6.29. The molecule has 0 radical (unpaired) electrons. The monoisotopic (exact) mass is 286 g/mol. The van der Waals surface area contributed by atoms with Crippen LogP contribution in [0.15, 0.2) is 28.7 Å². The number of likely N-dealkylation sites (tertiary alicyclic amines) is 1. The maximum atomic E-state index is 12.1. The first-order chi connectivity index (χ1) is 10.2. The lowest BCUT2D eigenvalue weighted by Crippen LogP contribution is -2.37. The number of nitrogens with one attached hydrogen (secondary N) is 1. The van der Waals surface area contributed by atoms with Crippen LogP contribution in [0.3, 0.4) is 0 Å². The lowest BCUT2D eigenvalue weighted by molar-refractivity contribution is -0.129. The minimum atomic E-state index is 0.0314. The van der Waals surface area contributed by atoms with E-state index in [0.717, 1.165) is 48.2 Å². The van der Waals surface area contributed by atoms with E-state index in [9.17, 15) is 4.79 Å². The molecule has 4 heteroatoms. The van der Waals surface area contributed by atoms with Crippen molar-refractivity contribution in [2.45, 2.75) is 32.7 Å². The van der Waals surface area contributed by atoms with Crippen molar-refractivity contribution in [2.75, 3.05) is 19.6 Å². The van der Waals surface area contributed by atoms with E-state index < -0.39 is 0 Å². The van der Waals surface area contributed by atoms with Crippen LogP contribution in [0.25, 0.3) is 11.0 Å². The summed E-state index contributed by atoms with van der Waals surface area (Å²) in [5.41, 5.74) is 2.06. The highest BCUT2D eigenvalue weighted by molar-refractivity contribution is 5.82. The van der Waals surface area contributed by atoms with Gasteiger partial charge in [0, 0.05) is 18.5 Å². The van der Waals surface area contributed by atoms with Crippen LogP contribution in [0.5, 0.6) is 0 Å². The molecular weight excluding hydrogens is 264 g/mol. The predicted octanol–water partition coefficient (Wildman–Crippen LogP) is 3.01. The Kier molecular flexibility index (Phi) is 3.97. The van der Waals surface area contributed by atoms with Gasteiger partial charge in [-0.25, -0.2) is 0 Å². The first kappa shape index (κ1) is 14.1. The highest BCUT2D eigenvalue weighted by Crippen LogP contribution is 2.29. The van der Waals surface area contributed by atoms with Crippen LogP contribution in [0.1, 0.15) is 37.1 Å². The molecular formula is C17H22N2O2. The molecule has 1 amide bonds. The fourth-order valence-electron chi connectivity index (χ4n) is 3.02. The Balaban J connectivity index is 1.67. The second kappa shape index (κ2) is 5.90. The summed E-state index contributed by atoms with van der Waals surface area (Å²) >= 11 is 0. The minimum absolute atomic E-state index is 0.0314. The number of rotatable bonds is 4. The molecule has 1 aliphatic heterocycles. The number of furan rings is 1. The van der Waals surface area contributed by atoms with Crippen molar-refractivity contribution in [1.29, 1.82) is 0 Å². The van der Waals surface area contributed by atoms with E-state index in [-0.39, 0.29) is 11.9 Å². The van der Waals surface area contributed by atoms with Crippen LogP contribution in [0.4, 0.5) is 0 Å². The Hall–Kier alpha value is -1.81. The minimum Gasteiger partial charge on any atom is -0.459 e. The third-order valence-corrected chi connectivity index (χ3v) is 4.29. The van der Waals surface area contributed by atoms with Crippen LogP contribution in [-0.4, -0.2) is 30.4 Å². The van der Waals surface area contributed by atoms with Gasteiger partial charge < -0.3 is 9.32 Å². The van der Waals surface area contributed by atoms with Gasteiger partial charge in [-0.15, -0.1) is 0 Å². The number of hydrogen-bond acceptors (Lipinski definition) is 3. The molecule has 0 spiro atoms. The number of carbonyl (C=O) groups excluding carboxylic acids is 1. The molecule has 4 nitrogen and oxygen atoms in total. The summed E-state index contributed by atoms with van der Waals surface area (Å²) in [6, 6.07) is 8.07. The zero-order chi connectivity index (χ0) is 14.8. The van der Waals surface area contributed by atoms with Gasteiger partial charge in [0.05, 0.1) is 12.6 Å². The van der Waals surface area contributed by atoms with E-state index in [1.165, 1.54) is 0 Å². The summed E-state index contributed by atoms with van der Waals surface area (Å²) in [7, 11) is 0. The number of nitrogens with zero attached hydrogens (tertiary/aromatic N) is 1. The van der Waals surface area contributed by atoms with Crippen molar-refractivity contribution in [3.63, 3.8) is 0 Å². The van der Waals surface area contributed by atoms with Crippen LogP contribution in [-0.2, 0) is 4.79 Å². The summed E-state index contributed by atoms with van der Waals surface area (Å²) < 4.78 is 5.93. The van der Waals surface area contributed by atoms with Gasteiger partial charge in [-0.2, -0.15) is 0 Å². The topological polar surface area (TPSA) is 45.5 Å². The van der Waals surface area contributed by atoms with E-state index in [1.807, 2.05) is 30.0 Å². The molecule has 2 aromatic rings. The lowest BCUT2D eigenvalue weighted by atomic mass is 10.1. The standard InChI is InChI=1S/C17H22N2O2/c1-12-14-7-3-4-8-15(14)21-17(12)13(2)18-11-16(20)19-9-5-6-10-19/h3-4,7-8,13,18H,5-6,9-11H2,1-2H3. The Morgan fingerprint density at radius 2 is 2.05 bits per heavy atom. The van der Waals surface area contributed by atoms with Crippen molar-refractivity contribution < 1.29 is 9.21 Å². The largest absolute Gasteiger partial charge is 0.459 e. The molecule has 0 saturated carbocycles. The Morgan fingerprint density at radius 3 is 2.76 bits per heavy atom. The van der Waals surface area contributed by atoms with Gasteiger partial charge in [0.15, 0.2) is 0 Å². The molecule has 112 valence electrons. The van der Waals surface area contributed by atoms with Crippen LogP contribution in [0, 0.1) is 6.92 Å². The number of fused-ring (bicyclic) bond motifs is 1. The molecule has 1 atom stereocenters. The van der Waals surface area contributed by atoms with Gasteiger partial charge in [-0.3, -0.25) is 10.1 Å². The third kappa shape index (κ3) is 2.81. The van der Waals surface area contributed by atoms with Gasteiger partial charge >= 0.3 is 0 Å². The van der Waals surface area contributed by atoms with Crippen molar-refractivity contribution >= 4 is 16.9 Å². The Labute approximate surface area is 125 Å². The first-order valence-electron chi connectivity index (χ1n) is 7.66. The third-order valence-electron chi connectivity index (χ3n) is 4.29. The molecule has 1 saturated heterocycles. The molecule has 1 aliphatic rings. The molecule has 2 heterocycles. The summed E-state index contributed by atoms with van der Waals surface area (Å²) in [4.78, 5) is 14.0. The smallest absolute Gasteiger partial charge is 0.236 e. The number of para-hydroxylation sites is 1. The van der Waals surface area contributed by atoms with Gasteiger partial charge in [0.2, 0.25) is 5.91 Å². The second-order valence-corrected chi connectivity index (χ2v) is 5.78. The van der Waals surface area contributed by atoms with E-state index in [4.69, 9.17) is 4.42 Å². The highest BCUT2D eigenvalue weighted by atomic mass is 16.3. The normalized spacial score (nSPS) is 16.6. The fourth-order valence-corrected chi connectivity index (χ4v) is 3.02. The number of amides is 1. The second-order valence-electron chi connectivity index (χ2n) is 5.78. The molecule has 1 aromatic carbocycles. The van der Waals surface area contributed by atoms with E-state index in [0.29, 0.717) is 6.54 Å². The number of carbonyl (C=O) groups is 1. The van der Waals surface area contributed by atoms with Gasteiger partial charge in [-0.1, -0.05) is 18.2 Å². The van der Waals surface area contributed by atoms with Crippen LogP contribution in [0.2, 0.25) is 0 Å². The van der Waals surface area contributed by atoms with Gasteiger partial charge in [-0.05, 0) is 38.3 Å². The zero-order valence-electron chi connectivity index (χ0n) is 12.7. The molecule has 1 unspecified atom stereocenters. The molecule has 3 rings (SSSR count). The van der Waals surface area contributed by atoms with Crippen molar-refractivity contribution in [2.24, 2.45) is 0 Å². The fraction of sp³-hybridized carbons (Fsp3) is 0.471. The van der Waals surface area contributed by atoms with Crippen LogP contribution < -0.4 is 5.32 Å². The summed E-state index contributed by atoms with van der Waals surface area (Å²) in [5.74, 6) is 1.11. The van der Waals surface area contributed by atoms with Crippen molar-refractivity contribution in [3.8, 4) is 0 Å². The number of aryl methyl sites for hydroxylation is 1. The maximum Gasteiger partial charge on any atom is 0.236 e. The molecule has 1 fully saturated rings. The first-order valence-corrected chi connectivity index (χ1v) is 7.66. The lowest BCUT2D eigenvalue weighted by Gasteiger charge is -2.18. The molecule has 0 bridgehead atoms. The Bertz CT molecular complexity index is 641. The Morgan fingerprint density at radius 1 is 1.33 bits per heavy atom. The summed E-state index contributed by atoms with van der Waals surface area (Å²) in [6.07, 6.45) is 2.26. The van der Waals surface area contributed by atoms with Gasteiger partial charge in [0.1, 0.15) is 11.3 Å². The average molecular weight is 286 g/mol. The van der Waals surface area contributed by atoms with E-state index >= 15 is 0 Å². The number of benzene rings is 1. The highest BCUT2D eigenvalue weighted by Gasteiger charge is 2.20. The van der Waals surface area contributed by atoms with Crippen molar-refractivity contribution in [1.82, 2.24) is 10.2 Å². The van der Waals surface area contributed by atoms with Crippen molar-refractivity contribution in [3.05, 3.63) is 35.6 Å². The summed E-state index contributed by atoms with van der Waals surface area (Å²) in [5, 5.41) is 4.44. The van der Waals surface area contributed by atoms with E-state index in [1.54, 1.807) is 0 Å². The molecule has 1 N–H and O–H groups in total. The van der Waals surface area contributed by atoms with Gasteiger partial charge in [0.25, 0.3) is 0 Å². The van der Waals surface area contributed by atoms with Crippen LogP contribution >= 0.6 is 0 Å². The average Bonchev–Trinajstić information content (AvgIpc) is 3.13. The molecule has 1 aromatic heterocycles. The maximum absolute atomic E-state index is 12.1. The predicted molar refractivity (Wildman–Crippen MR) is 83.2 cm³/mol. The SMILES string of the molecule is Cc1c(C(C)NCC(=O)N2CCCC2)oc2ccccc12. The zero-order valence-corrected chi connectivity index (χ0v) is 12.7. The van der Waals surface area contributed by atoms with E-state index in [2.05, 4.69) is 18.3 Å². The molecule has 0 aliphatic carbocycles. The molecule has 21 heavy (non-hydrogen) atoms.